The van der Waals surface area contributed by atoms with Crippen LogP contribution < -0.4 is 5.73 Å². The zero-order valence-corrected chi connectivity index (χ0v) is 10.3. The standard InChI is InChI=1S/C12H16ClNS/c13-10-1-3-11(4-2-10)15-9-12(5-6-12)7-8-14/h1-4H,5-9,14H2. The number of hydrogen-bond acceptors (Lipinski definition) is 2. The number of nitrogens with two attached hydrogens (primary N) is 1. The summed E-state index contributed by atoms with van der Waals surface area (Å²) in [7, 11) is 0. The van der Waals surface area contributed by atoms with Crippen LogP contribution in [0.25, 0.3) is 0 Å². The number of rotatable bonds is 5. The van der Waals surface area contributed by atoms with Crippen molar-refractivity contribution in [1.82, 2.24) is 0 Å². The quantitative estimate of drug-likeness (QED) is 0.798. The monoisotopic (exact) mass is 241 g/mol. The first kappa shape index (κ1) is 11.3. The van der Waals surface area contributed by atoms with Crippen LogP contribution in [-0.4, -0.2) is 12.3 Å². The van der Waals surface area contributed by atoms with Gasteiger partial charge in [0.25, 0.3) is 0 Å². The van der Waals surface area contributed by atoms with E-state index in [1.165, 1.54) is 29.9 Å². The van der Waals surface area contributed by atoms with Gasteiger partial charge in [0.1, 0.15) is 0 Å². The van der Waals surface area contributed by atoms with Gasteiger partial charge in [-0.3, -0.25) is 0 Å². The van der Waals surface area contributed by atoms with Crippen LogP contribution in [0.4, 0.5) is 0 Å². The van der Waals surface area contributed by atoms with E-state index in [2.05, 4.69) is 12.1 Å². The average molecular weight is 242 g/mol. The highest BCUT2D eigenvalue weighted by molar-refractivity contribution is 7.99. The molecule has 2 N–H and O–H groups in total. The van der Waals surface area contributed by atoms with E-state index in [1.54, 1.807) is 0 Å². The molecular formula is C12H16ClNS. The molecule has 3 heteroatoms. The number of thioether (sulfide) groups is 1. The van der Waals surface area contributed by atoms with Gasteiger partial charge in [0.2, 0.25) is 0 Å². The molecule has 0 bridgehead atoms. The average Bonchev–Trinajstić information content (AvgIpc) is 2.99. The molecule has 1 aliphatic rings. The summed E-state index contributed by atoms with van der Waals surface area (Å²) in [4.78, 5) is 1.31. The topological polar surface area (TPSA) is 26.0 Å². The highest BCUT2D eigenvalue weighted by Gasteiger charge is 2.41. The molecule has 82 valence electrons. The summed E-state index contributed by atoms with van der Waals surface area (Å²) in [5.41, 5.74) is 6.17. The van der Waals surface area contributed by atoms with E-state index in [0.717, 1.165) is 11.6 Å². The second-order valence-electron chi connectivity index (χ2n) is 4.28. The van der Waals surface area contributed by atoms with Crippen LogP contribution in [0.1, 0.15) is 19.3 Å². The Labute approximate surface area is 100 Å². The van der Waals surface area contributed by atoms with Gasteiger partial charge in [0, 0.05) is 15.7 Å². The Hall–Kier alpha value is -0.180. The fraction of sp³-hybridized carbons (Fsp3) is 0.500. The van der Waals surface area contributed by atoms with Gasteiger partial charge in [0.05, 0.1) is 0 Å². The van der Waals surface area contributed by atoms with Gasteiger partial charge in [-0.1, -0.05) is 11.6 Å². The Morgan fingerprint density at radius 2 is 1.93 bits per heavy atom. The van der Waals surface area contributed by atoms with Crippen molar-refractivity contribution in [2.75, 3.05) is 12.3 Å². The molecule has 0 radical (unpaired) electrons. The maximum absolute atomic E-state index is 5.84. The van der Waals surface area contributed by atoms with E-state index in [0.29, 0.717) is 5.41 Å². The molecule has 0 heterocycles. The Bertz CT molecular complexity index is 319. The molecule has 1 nitrogen and oxygen atoms in total. The van der Waals surface area contributed by atoms with E-state index in [4.69, 9.17) is 17.3 Å². The molecule has 1 saturated carbocycles. The Morgan fingerprint density at radius 3 is 2.47 bits per heavy atom. The molecular weight excluding hydrogens is 226 g/mol. The van der Waals surface area contributed by atoms with Crippen molar-refractivity contribution in [3.63, 3.8) is 0 Å². The summed E-state index contributed by atoms with van der Waals surface area (Å²) < 4.78 is 0. The van der Waals surface area contributed by atoms with Crippen LogP contribution in [0.15, 0.2) is 29.2 Å². The molecule has 0 saturated heterocycles. The van der Waals surface area contributed by atoms with Crippen molar-refractivity contribution in [3.8, 4) is 0 Å². The lowest BCUT2D eigenvalue weighted by Crippen LogP contribution is -2.11. The number of benzene rings is 1. The molecule has 0 unspecified atom stereocenters. The predicted octanol–water partition coefficient (Wildman–Crippen LogP) is 3.56. The minimum Gasteiger partial charge on any atom is -0.330 e. The third-order valence-electron chi connectivity index (χ3n) is 2.99. The molecule has 0 spiro atoms. The molecule has 0 aromatic heterocycles. The largest absolute Gasteiger partial charge is 0.330 e. The summed E-state index contributed by atoms with van der Waals surface area (Å²) in [6.45, 7) is 0.821. The van der Waals surface area contributed by atoms with Crippen molar-refractivity contribution < 1.29 is 0 Å². The molecule has 0 atom stereocenters. The van der Waals surface area contributed by atoms with Crippen molar-refractivity contribution in [3.05, 3.63) is 29.3 Å². The molecule has 0 aliphatic heterocycles. The van der Waals surface area contributed by atoms with Gasteiger partial charge in [0.15, 0.2) is 0 Å². The molecule has 0 amide bonds. The Morgan fingerprint density at radius 1 is 1.27 bits per heavy atom. The second kappa shape index (κ2) is 4.77. The van der Waals surface area contributed by atoms with Gasteiger partial charge in [-0.05, 0) is 55.5 Å². The second-order valence-corrected chi connectivity index (χ2v) is 5.77. The predicted molar refractivity (Wildman–Crippen MR) is 67.5 cm³/mol. The number of halogens is 1. The Kier molecular flexibility index (Phi) is 3.60. The summed E-state index contributed by atoms with van der Waals surface area (Å²) in [5.74, 6) is 1.20. The normalized spacial score (nSPS) is 17.7. The smallest absolute Gasteiger partial charge is 0.0406 e. The van der Waals surface area contributed by atoms with Crippen molar-refractivity contribution in [2.45, 2.75) is 24.2 Å². The molecule has 2 rings (SSSR count). The van der Waals surface area contributed by atoms with E-state index in [9.17, 15) is 0 Å². The van der Waals surface area contributed by atoms with Gasteiger partial charge in [-0.2, -0.15) is 0 Å². The summed E-state index contributed by atoms with van der Waals surface area (Å²) in [6, 6.07) is 8.08. The lowest BCUT2D eigenvalue weighted by Gasteiger charge is -2.12. The van der Waals surface area contributed by atoms with E-state index < -0.39 is 0 Å². The molecule has 15 heavy (non-hydrogen) atoms. The van der Waals surface area contributed by atoms with Crippen LogP contribution >= 0.6 is 23.4 Å². The minimum absolute atomic E-state index is 0.555. The first-order chi connectivity index (χ1) is 7.24. The zero-order valence-electron chi connectivity index (χ0n) is 8.71. The lowest BCUT2D eigenvalue weighted by atomic mass is 10.1. The fourth-order valence-corrected chi connectivity index (χ4v) is 3.08. The SMILES string of the molecule is NCCC1(CSc2ccc(Cl)cc2)CC1. The highest BCUT2D eigenvalue weighted by Crippen LogP contribution is 2.51. The molecule has 1 fully saturated rings. The van der Waals surface area contributed by atoms with Crippen LogP contribution in [0.3, 0.4) is 0 Å². The Balaban J connectivity index is 1.85. The van der Waals surface area contributed by atoms with Gasteiger partial charge in [-0.25, -0.2) is 0 Å². The molecule has 1 aromatic rings. The summed E-state index contributed by atoms with van der Waals surface area (Å²) in [5, 5.41) is 0.808. The minimum atomic E-state index is 0.555. The third-order valence-corrected chi connectivity index (χ3v) is 4.60. The first-order valence-electron chi connectivity index (χ1n) is 5.33. The van der Waals surface area contributed by atoms with E-state index in [1.807, 2.05) is 23.9 Å². The van der Waals surface area contributed by atoms with Crippen molar-refractivity contribution in [2.24, 2.45) is 11.1 Å². The van der Waals surface area contributed by atoms with Crippen molar-refractivity contribution >= 4 is 23.4 Å². The van der Waals surface area contributed by atoms with Gasteiger partial charge < -0.3 is 5.73 Å². The highest BCUT2D eigenvalue weighted by atomic mass is 35.5. The van der Waals surface area contributed by atoms with Gasteiger partial charge >= 0.3 is 0 Å². The fourth-order valence-electron chi connectivity index (χ4n) is 1.72. The zero-order chi connectivity index (χ0) is 10.7. The summed E-state index contributed by atoms with van der Waals surface area (Å²) in [6.07, 6.45) is 3.88. The van der Waals surface area contributed by atoms with Crippen molar-refractivity contribution in [1.29, 1.82) is 0 Å². The molecule has 1 aliphatic carbocycles. The maximum Gasteiger partial charge on any atom is 0.0406 e. The van der Waals surface area contributed by atoms with E-state index >= 15 is 0 Å². The number of hydrogen-bond donors (Lipinski definition) is 1. The molecule has 1 aromatic carbocycles. The third kappa shape index (κ3) is 3.13. The van der Waals surface area contributed by atoms with Crippen LogP contribution in [0.5, 0.6) is 0 Å². The van der Waals surface area contributed by atoms with Crippen LogP contribution in [0.2, 0.25) is 5.02 Å². The van der Waals surface area contributed by atoms with Crippen LogP contribution in [0, 0.1) is 5.41 Å². The summed E-state index contributed by atoms with van der Waals surface area (Å²) >= 11 is 7.76. The van der Waals surface area contributed by atoms with Gasteiger partial charge in [-0.15, -0.1) is 11.8 Å². The lowest BCUT2D eigenvalue weighted by molar-refractivity contribution is 0.537. The van der Waals surface area contributed by atoms with E-state index in [-0.39, 0.29) is 0 Å². The van der Waals surface area contributed by atoms with Crippen LogP contribution in [-0.2, 0) is 0 Å². The first-order valence-corrected chi connectivity index (χ1v) is 6.69. The maximum atomic E-state index is 5.84.